The van der Waals surface area contributed by atoms with Crippen LogP contribution in [-0.4, -0.2) is 55.7 Å². The number of nitrogens with zero attached hydrogens (tertiary/aromatic N) is 2. The molecule has 2 heterocycles. The molecule has 126 valence electrons. The second kappa shape index (κ2) is 9.58. The summed E-state index contributed by atoms with van der Waals surface area (Å²) in [4.78, 5) is 5.11. The lowest BCUT2D eigenvalue weighted by atomic mass is 10.1. The summed E-state index contributed by atoms with van der Waals surface area (Å²) < 4.78 is 5.41. The van der Waals surface area contributed by atoms with E-state index in [9.17, 15) is 0 Å². The number of likely N-dealkylation sites (tertiary alicyclic amines) is 1. The normalized spacial score (nSPS) is 22.8. The largest absolute Gasteiger partial charge is 0.399 e. The predicted molar refractivity (Wildman–Crippen MR) is 96.0 cm³/mol. The Bertz CT molecular complexity index is 441. The van der Waals surface area contributed by atoms with Crippen LogP contribution in [-0.2, 0) is 11.3 Å². The van der Waals surface area contributed by atoms with Crippen molar-refractivity contribution in [2.24, 2.45) is 5.92 Å². The first-order chi connectivity index (χ1) is 9.79. The molecule has 1 unspecified atom stereocenters. The number of morpholine rings is 1. The van der Waals surface area contributed by atoms with Crippen LogP contribution in [0.25, 0.3) is 0 Å². The molecule has 22 heavy (non-hydrogen) atoms. The Kier molecular flexibility index (Phi) is 8.50. The quantitative estimate of drug-likeness (QED) is 0.848. The van der Waals surface area contributed by atoms with Gasteiger partial charge in [-0.15, -0.1) is 24.8 Å². The SMILES string of the molecule is Cl.Cl.Nc1cccc(CN2CCC(CN3CCOCC3)C2)c1. The van der Waals surface area contributed by atoms with Crippen LogP contribution in [0.4, 0.5) is 5.69 Å². The molecule has 0 amide bonds. The van der Waals surface area contributed by atoms with Gasteiger partial charge in [0.05, 0.1) is 13.2 Å². The molecule has 0 bridgehead atoms. The van der Waals surface area contributed by atoms with Gasteiger partial charge in [-0.2, -0.15) is 0 Å². The maximum atomic E-state index is 5.85. The minimum Gasteiger partial charge on any atom is -0.399 e. The average molecular weight is 348 g/mol. The summed E-state index contributed by atoms with van der Waals surface area (Å²) in [7, 11) is 0. The molecule has 2 fully saturated rings. The molecule has 0 aromatic heterocycles. The smallest absolute Gasteiger partial charge is 0.0594 e. The third kappa shape index (κ3) is 5.60. The predicted octanol–water partition coefficient (Wildman–Crippen LogP) is 2.27. The van der Waals surface area contributed by atoms with Crippen LogP contribution >= 0.6 is 24.8 Å². The third-order valence-corrected chi connectivity index (χ3v) is 4.35. The fraction of sp³-hybridized carbons (Fsp3) is 0.625. The molecule has 2 N–H and O–H groups in total. The molecule has 2 aliphatic rings. The van der Waals surface area contributed by atoms with Gasteiger partial charge < -0.3 is 10.5 Å². The van der Waals surface area contributed by atoms with Crippen LogP contribution in [0, 0.1) is 5.92 Å². The topological polar surface area (TPSA) is 41.7 Å². The minimum absolute atomic E-state index is 0. The van der Waals surface area contributed by atoms with Crippen molar-refractivity contribution in [3.05, 3.63) is 29.8 Å². The van der Waals surface area contributed by atoms with E-state index in [0.29, 0.717) is 0 Å². The molecular weight excluding hydrogens is 321 g/mol. The highest BCUT2D eigenvalue weighted by molar-refractivity contribution is 5.85. The van der Waals surface area contributed by atoms with E-state index in [1.165, 1.54) is 31.6 Å². The Balaban J connectivity index is 0.00000121. The average Bonchev–Trinajstić information content (AvgIpc) is 2.87. The zero-order chi connectivity index (χ0) is 13.8. The summed E-state index contributed by atoms with van der Waals surface area (Å²) in [6, 6.07) is 8.27. The minimum atomic E-state index is 0. The fourth-order valence-corrected chi connectivity index (χ4v) is 3.30. The highest BCUT2D eigenvalue weighted by atomic mass is 35.5. The standard InChI is InChI=1S/C16H25N3O.2ClH/c17-16-3-1-2-14(10-16)11-19-5-4-15(13-19)12-18-6-8-20-9-7-18;;/h1-3,10,15H,4-9,11-13,17H2;2*1H. The van der Waals surface area contributed by atoms with Crippen molar-refractivity contribution in [3.63, 3.8) is 0 Å². The van der Waals surface area contributed by atoms with Gasteiger partial charge in [0.1, 0.15) is 0 Å². The van der Waals surface area contributed by atoms with Crippen molar-refractivity contribution < 1.29 is 4.74 Å². The number of anilines is 1. The van der Waals surface area contributed by atoms with E-state index in [0.717, 1.165) is 44.5 Å². The molecule has 1 aromatic rings. The van der Waals surface area contributed by atoms with E-state index in [4.69, 9.17) is 10.5 Å². The summed E-state index contributed by atoms with van der Waals surface area (Å²) in [5.74, 6) is 0.814. The number of benzene rings is 1. The Hall–Kier alpha value is -0.520. The van der Waals surface area contributed by atoms with E-state index in [1.54, 1.807) is 0 Å². The highest BCUT2D eigenvalue weighted by Crippen LogP contribution is 2.20. The van der Waals surface area contributed by atoms with Crippen molar-refractivity contribution in [2.75, 3.05) is 51.7 Å². The van der Waals surface area contributed by atoms with E-state index >= 15 is 0 Å². The second-order valence-electron chi connectivity index (χ2n) is 6.05. The van der Waals surface area contributed by atoms with Crippen molar-refractivity contribution in [2.45, 2.75) is 13.0 Å². The molecule has 1 aromatic carbocycles. The number of halogens is 2. The molecule has 2 aliphatic heterocycles. The first kappa shape index (κ1) is 19.5. The maximum Gasteiger partial charge on any atom is 0.0594 e. The highest BCUT2D eigenvalue weighted by Gasteiger charge is 2.25. The Morgan fingerprint density at radius 1 is 1.09 bits per heavy atom. The van der Waals surface area contributed by atoms with Crippen LogP contribution in [0.15, 0.2) is 24.3 Å². The van der Waals surface area contributed by atoms with Gasteiger partial charge in [0.25, 0.3) is 0 Å². The monoisotopic (exact) mass is 347 g/mol. The summed E-state index contributed by atoms with van der Waals surface area (Å²) in [5.41, 5.74) is 8.04. The molecular formula is C16H27Cl2N3O. The van der Waals surface area contributed by atoms with Crippen LogP contribution in [0.2, 0.25) is 0 Å². The Morgan fingerprint density at radius 2 is 1.86 bits per heavy atom. The van der Waals surface area contributed by atoms with Gasteiger partial charge in [-0.25, -0.2) is 0 Å². The molecule has 0 saturated carbocycles. The lowest BCUT2D eigenvalue weighted by Gasteiger charge is -2.29. The van der Waals surface area contributed by atoms with E-state index < -0.39 is 0 Å². The fourth-order valence-electron chi connectivity index (χ4n) is 3.30. The summed E-state index contributed by atoms with van der Waals surface area (Å²) in [6.07, 6.45) is 1.32. The molecule has 1 atom stereocenters. The zero-order valence-corrected chi connectivity index (χ0v) is 14.6. The van der Waals surface area contributed by atoms with Crippen molar-refractivity contribution >= 4 is 30.5 Å². The Labute approximate surface area is 145 Å². The lowest BCUT2D eigenvalue weighted by Crippen LogP contribution is -2.39. The van der Waals surface area contributed by atoms with Crippen LogP contribution in [0.1, 0.15) is 12.0 Å². The summed E-state index contributed by atoms with van der Waals surface area (Å²) in [6.45, 7) is 8.70. The molecule has 6 heteroatoms. The van der Waals surface area contributed by atoms with Gasteiger partial charge in [-0.3, -0.25) is 9.80 Å². The van der Waals surface area contributed by atoms with Gasteiger partial charge in [0.2, 0.25) is 0 Å². The number of hydrogen-bond acceptors (Lipinski definition) is 4. The van der Waals surface area contributed by atoms with E-state index in [2.05, 4.69) is 21.9 Å². The molecule has 4 nitrogen and oxygen atoms in total. The summed E-state index contributed by atoms with van der Waals surface area (Å²) in [5, 5.41) is 0. The number of rotatable bonds is 4. The Morgan fingerprint density at radius 3 is 2.59 bits per heavy atom. The molecule has 0 spiro atoms. The number of nitrogens with two attached hydrogens (primary N) is 1. The van der Waals surface area contributed by atoms with Gasteiger partial charge >= 0.3 is 0 Å². The number of nitrogen functional groups attached to an aromatic ring is 1. The van der Waals surface area contributed by atoms with E-state index in [1.807, 2.05) is 12.1 Å². The lowest BCUT2D eigenvalue weighted by molar-refractivity contribution is 0.0311. The third-order valence-electron chi connectivity index (χ3n) is 4.35. The van der Waals surface area contributed by atoms with Crippen LogP contribution < -0.4 is 5.73 Å². The molecule has 2 saturated heterocycles. The van der Waals surface area contributed by atoms with Crippen molar-refractivity contribution in [1.29, 1.82) is 0 Å². The molecule has 0 aliphatic carbocycles. The number of hydrogen-bond donors (Lipinski definition) is 1. The molecule has 0 radical (unpaired) electrons. The van der Waals surface area contributed by atoms with Crippen molar-refractivity contribution in [3.8, 4) is 0 Å². The first-order valence-corrected chi connectivity index (χ1v) is 7.66. The maximum absolute atomic E-state index is 5.85. The van der Waals surface area contributed by atoms with Gasteiger partial charge in [-0.1, -0.05) is 12.1 Å². The van der Waals surface area contributed by atoms with Crippen LogP contribution in [0.5, 0.6) is 0 Å². The van der Waals surface area contributed by atoms with Gasteiger partial charge in [0.15, 0.2) is 0 Å². The number of ether oxygens (including phenoxy) is 1. The molecule has 3 rings (SSSR count). The second-order valence-corrected chi connectivity index (χ2v) is 6.05. The van der Waals surface area contributed by atoms with Gasteiger partial charge in [0, 0.05) is 38.4 Å². The summed E-state index contributed by atoms with van der Waals surface area (Å²) >= 11 is 0. The van der Waals surface area contributed by atoms with Crippen LogP contribution in [0.3, 0.4) is 0 Å². The van der Waals surface area contributed by atoms with E-state index in [-0.39, 0.29) is 24.8 Å². The van der Waals surface area contributed by atoms with Gasteiger partial charge in [-0.05, 0) is 36.6 Å². The zero-order valence-electron chi connectivity index (χ0n) is 12.9. The first-order valence-electron chi connectivity index (χ1n) is 7.66. The van der Waals surface area contributed by atoms with Crippen molar-refractivity contribution in [1.82, 2.24) is 9.80 Å².